The molecule has 0 aliphatic rings. The van der Waals surface area contributed by atoms with E-state index in [0.29, 0.717) is 0 Å². The number of hydrogen-bond acceptors (Lipinski definition) is 6. The number of sulfonamides is 1. The van der Waals surface area contributed by atoms with E-state index in [9.17, 15) is 23.3 Å². The Morgan fingerprint density at radius 2 is 1.85 bits per heavy atom. The lowest BCUT2D eigenvalue weighted by Gasteiger charge is -2.23. The minimum absolute atomic E-state index is 0.0286. The van der Waals surface area contributed by atoms with Crippen LogP contribution in [0.4, 0.5) is 11.4 Å². The lowest BCUT2D eigenvalue weighted by atomic mass is 9.93. The van der Waals surface area contributed by atoms with E-state index < -0.39 is 14.9 Å². The molecule has 0 aliphatic heterocycles. The molecule has 10 heteroatoms. The van der Waals surface area contributed by atoms with Crippen LogP contribution in [-0.2, 0) is 14.8 Å². The smallest absolute Gasteiger partial charge is 0.271 e. The van der Waals surface area contributed by atoms with Crippen molar-refractivity contribution in [3.05, 3.63) is 63.2 Å². The number of amides is 1. The topological polar surface area (TPSA) is 119 Å². The summed E-state index contributed by atoms with van der Waals surface area (Å²) in [5.41, 5.74) is 3.05. The minimum Gasteiger partial charge on any atom is -0.496 e. The summed E-state index contributed by atoms with van der Waals surface area (Å²) in [5.74, 6) is 0.867. The average molecular weight is 492 g/mol. The predicted octanol–water partition coefficient (Wildman–Crippen LogP) is 4.46. The molecule has 0 saturated carbocycles. The first kappa shape index (κ1) is 27.1. The van der Waals surface area contributed by atoms with Gasteiger partial charge in [0, 0.05) is 25.1 Å². The maximum absolute atomic E-state index is 12.6. The van der Waals surface area contributed by atoms with Gasteiger partial charge < -0.3 is 10.1 Å². The van der Waals surface area contributed by atoms with Crippen molar-refractivity contribution in [1.29, 1.82) is 0 Å². The van der Waals surface area contributed by atoms with Crippen LogP contribution < -0.4 is 14.4 Å². The van der Waals surface area contributed by atoms with Crippen molar-refractivity contribution >= 4 is 27.3 Å². The van der Waals surface area contributed by atoms with Gasteiger partial charge in [-0.05, 0) is 61.1 Å². The maximum atomic E-state index is 12.6. The summed E-state index contributed by atoms with van der Waals surface area (Å²) in [4.78, 5) is 23.1. The van der Waals surface area contributed by atoms with E-state index in [2.05, 4.69) is 25.2 Å². The number of nitrogens with one attached hydrogen (secondary N) is 1. The SMILES string of the molecule is COc1cc(C)c([C@@H](C)NC(=O)CCCN(c2cccc([N+](=O)[O-])c2)S(C)(=O)=O)cc1C(C)C. The van der Waals surface area contributed by atoms with Crippen molar-refractivity contribution < 1.29 is 22.9 Å². The number of carbonyl (C=O) groups excluding carboxylic acids is 1. The molecule has 0 unspecified atom stereocenters. The molecule has 0 radical (unpaired) electrons. The van der Waals surface area contributed by atoms with E-state index in [1.165, 1.54) is 24.3 Å². The van der Waals surface area contributed by atoms with Gasteiger partial charge >= 0.3 is 0 Å². The van der Waals surface area contributed by atoms with Crippen molar-refractivity contribution in [3.8, 4) is 5.75 Å². The standard InChI is InChI=1S/C24H33N3O6S/c1-16(2)21-15-22(17(3)13-23(21)33-5)18(4)25-24(28)11-8-12-26(34(6,31)32)19-9-7-10-20(14-19)27(29)30/h7,9-10,13-16,18H,8,11-12H2,1-6H3,(H,25,28)/t18-/m1/s1. The molecule has 2 aromatic rings. The highest BCUT2D eigenvalue weighted by molar-refractivity contribution is 7.92. The van der Waals surface area contributed by atoms with Crippen molar-refractivity contribution in [2.45, 2.75) is 52.5 Å². The van der Waals surface area contributed by atoms with E-state index in [1.54, 1.807) is 7.11 Å². The summed E-state index contributed by atoms with van der Waals surface area (Å²) in [7, 11) is -2.04. The minimum atomic E-state index is -3.68. The third-order valence-corrected chi connectivity index (χ3v) is 6.77. The molecule has 0 fully saturated rings. The maximum Gasteiger partial charge on any atom is 0.271 e. The number of benzene rings is 2. The second-order valence-corrected chi connectivity index (χ2v) is 10.5. The van der Waals surface area contributed by atoms with Crippen LogP contribution in [-0.4, -0.2) is 39.2 Å². The quantitative estimate of drug-likeness (QED) is 0.366. The van der Waals surface area contributed by atoms with E-state index in [-0.39, 0.29) is 48.6 Å². The Labute approximate surface area is 201 Å². The molecule has 9 nitrogen and oxygen atoms in total. The Balaban J connectivity index is 2.07. The van der Waals surface area contributed by atoms with Gasteiger partial charge in [-0.2, -0.15) is 0 Å². The van der Waals surface area contributed by atoms with Crippen LogP contribution in [0.5, 0.6) is 5.75 Å². The van der Waals surface area contributed by atoms with Gasteiger partial charge in [-0.25, -0.2) is 8.42 Å². The normalized spacial score (nSPS) is 12.3. The van der Waals surface area contributed by atoms with Crippen LogP contribution in [0.15, 0.2) is 36.4 Å². The van der Waals surface area contributed by atoms with Gasteiger partial charge in [-0.1, -0.05) is 19.9 Å². The molecule has 0 spiro atoms. The van der Waals surface area contributed by atoms with Crippen LogP contribution in [0, 0.1) is 17.0 Å². The van der Waals surface area contributed by atoms with Crippen LogP contribution >= 0.6 is 0 Å². The predicted molar refractivity (Wildman–Crippen MR) is 133 cm³/mol. The Morgan fingerprint density at radius 3 is 2.41 bits per heavy atom. The fourth-order valence-electron chi connectivity index (χ4n) is 3.83. The summed E-state index contributed by atoms with van der Waals surface area (Å²) >= 11 is 0. The fourth-order valence-corrected chi connectivity index (χ4v) is 4.79. The number of non-ortho nitro benzene ring substituents is 1. The van der Waals surface area contributed by atoms with Gasteiger partial charge in [0.05, 0.1) is 30.0 Å². The summed E-state index contributed by atoms with van der Waals surface area (Å²) in [6.07, 6.45) is 1.40. The number of anilines is 1. The molecule has 0 aromatic heterocycles. The number of carbonyl (C=O) groups is 1. The summed E-state index contributed by atoms with van der Waals surface area (Å²) in [6.45, 7) is 8.06. The number of nitro benzene ring substituents is 1. The molecule has 1 atom stereocenters. The van der Waals surface area contributed by atoms with Gasteiger partial charge in [0.25, 0.3) is 5.69 Å². The van der Waals surface area contributed by atoms with E-state index in [0.717, 1.165) is 33.0 Å². The molecule has 34 heavy (non-hydrogen) atoms. The Morgan fingerprint density at radius 1 is 1.18 bits per heavy atom. The molecule has 1 N–H and O–H groups in total. The van der Waals surface area contributed by atoms with Crippen molar-refractivity contribution in [3.63, 3.8) is 0 Å². The highest BCUT2D eigenvalue weighted by Crippen LogP contribution is 2.32. The number of nitrogens with zero attached hydrogens (tertiary/aromatic N) is 2. The second-order valence-electron chi connectivity index (χ2n) is 8.61. The number of hydrogen-bond donors (Lipinski definition) is 1. The van der Waals surface area contributed by atoms with Gasteiger partial charge in [-0.15, -0.1) is 0 Å². The molecule has 2 rings (SSSR count). The molecule has 0 bridgehead atoms. The lowest BCUT2D eigenvalue weighted by Crippen LogP contribution is -2.32. The van der Waals surface area contributed by atoms with Crippen LogP contribution in [0.25, 0.3) is 0 Å². The first-order chi connectivity index (χ1) is 15.8. The molecular formula is C24H33N3O6S. The molecular weight excluding hydrogens is 458 g/mol. The molecule has 0 saturated heterocycles. The van der Waals surface area contributed by atoms with Crippen molar-refractivity contribution in [2.24, 2.45) is 0 Å². The monoisotopic (exact) mass is 491 g/mol. The number of nitro groups is 1. The Bertz CT molecular complexity index is 1150. The Kier molecular flexibility index (Phi) is 9.03. The molecule has 186 valence electrons. The molecule has 2 aromatic carbocycles. The van der Waals surface area contributed by atoms with Crippen LogP contribution in [0.2, 0.25) is 0 Å². The number of aryl methyl sites for hydroxylation is 1. The summed E-state index contributed by atoms with van der Waals surface area (Å²) in [5, 5.41) is 14.0. The van der Waals surface area contributed by atoms with Gasteiger partial charge in [-0.3, -0.25) is 19.2 Å². The van der Waals surface area contributed by atoms with Crippen molar-refractivity contribution in [2.75, 3.05) is 24.2 Å². The lowest BCUT2D eigenvalue weighted by molar-refractivity contribution is -0.384. The largest absolute Gasteiger partial charge is 0.496 e. The zero-order valence-corrected chi connectivity index (χ0v) is 21.3. The van der Waals surface area contributed by atoms with E-state index in [1.807, 2.05) is 19.9 Å². The van der Waals surface area contributed by atoms with Crippen LogP contribution in [0.1, 0.15) is 62.3 Å². The highest BCUT2D eigenvalue weighted by atomic mass is 32.2. The summed E-state index contributed by atoms with van der Waals surface area (Å²) in [6, 6.07) is 9.22. The first-order valence-corrected chi connectivity index (χ1v) is 12.9. The second kappa shape index (κ2) is 11.3. The van der Waals surface area contributed by atoms with Gasteiger partial charge in [0.1, 0.15) is 5.75 Å². The zero-order chi connectivity index (χ0) is 25.6. The first-order valence-electron chi connectivity index (χ1n) is 11.0. The number of methoxy groups -OCH3 is 1. The molecule has 0 aliphatic carbocycles. The van der Waals surface area contributed by atoms with Crippen LogP contribution in [0.3, 0.4) is 0 Å². The third kappa shape index (κ3) is 6.93. The van der Waals surface area contributed by atoms with E-state index >= 15 is 0 Å². The average Bonchev–Trinajstić information content (AvgIpc) is 2.75. The van der Waals surface area contributed by atoms with E-state index in [4.69, 9.17) is 4.74 Å². The number of ether oxygens (including phenoxy) is 1. The van der Waals surface area contributed by atoms with Gasteiger partial charge in [0.15, 0.2) is 0 Å². The number of rotatable bonds is 11. The zero-order valence-electron chi connectivity index (χ0n) is 20.5. The van der Waals surface area contributed by atoms with Gasteiger partial charge in [0.2, 0.25) is 15.9 Å². The van der Waals surface area contributed by atoms with Crippen molar-refractivity contribution in [1.82, 2.24) is 5.32 Å². The fraction of sp³-hybridized carbons (Fsp3) is 0.458. The Hall–Kier alpha value is -3.14. The molecule has 0 heterocycles. The summed E-state index contributed by atoms with van der Waals surface area (Å²) < 4.78 is 31.1. The molecule has 1 amide bonds. The highest BCUT2D eigenvalue weighted by Gasteiger charge is 2.21. The third-order valence-electron chi connectivity index (χ3n) is 5.58.